The normalized spacial score (nSPS) is 13.3. The van der Waals surface area contributed by atoms with Crippen molar-refractivity contribution in [1.29, 1.82) is 0 Å². The van der Waals surface area contributed by atoms with E-state index in [1.807, 2.05) is 21.1 Å². The van der Waals surface area contributed by atoms with Crippen molar-refractivity contribution in [2.24, 2.45) is 0 Å². The molecule has 0 rings (SSSR count). The highest BCUT2D eigenvalue weighted by Crippen LogP contribution is 2.17. The Labute approximate surface area is 468 Å². The van der Waals surface area contributed by atoms with E-state index in [-0.39, 0.29) is 38.6 Å². The van der Waals surface area contributed by atoms with Gasteiger partial charge in [0.2, 0.25) is 0 Å². The first-order valence-corrected chi connectivity index (χ1v) is 31.2. The smallest absolute Gasteiger partial charge is 0.306 e. The number of allylic oxidation sites excluding steroid dienone is 14. The fourth-order valence-electron chi connectivity index (χ4n) is 8.59. The molecule has 0 fully saturated rings. The number of carboxylic acids is 1. The average molecular weight is 1060 g/mol. The van der Waals surface area contributed by atoms with Crippen LogP contribution in [0.1, 0.15) is 264 Å². The molecule has 0 N–H and O–H groups in total. The number of rotatable bonds is 57. The van der Waals surface area contributed by atoms with Crippen molar-refractivity contribution in [2.75, 3.05) is 47.5 Å². The van der Waals surface area contributed by atoms with Crippen LogP contribution in [0.2, 0.25) is 0 Å². The highest BCUT2D eigenvalue weighted by Gasteiger charge is 2.22. The van der Waals surface area contributed by atoms with Crippen molar-refractivity contribution in [1.82, 2.24) is 0 Å². The summed E-state index contributed by atoms with van der Waals surface area (Å²) in [6, 6.07) is 0. The van der Waals surface area contributed by atoms with Gasteiger partial charge in [-0.2, -0.15) is 0 Å². The van der Waals surface area contributed by atoms with E-state index in [1.54, 1.807) is 0 Å². The third kappa shape index (κ3) is 58.2. The van der Waals surface area contributed by atoms with Crippen molar-refractivity contribution in [3.8, 4) is 0 Å². The summed E-state index contributed by atoms with van der Waals surface area (Å²) in [6.07, 6.45) is 73.6. The van der Waals surface area contributed by atoms with Gasteiger partial charge < -0.3 is 33.3 Å². The molecular weight excluding hydrogens is 947 g/mol. The van der Waals surface area contributed by atoms with Crippen LogP contribution >= 0.6 is 0 Å². The van der Waals surface area contributed by atoms with Crippen molar-refractivity contribution < 1.29 is 42.9 Å². The van der Waals surface area contributed by atoms with Gasteiger partial charge in [-0.3, -0.25) is 9.59 Å². The van der Waals surface area contributed by atoms with Crippen LogP contribution in [0.5, 0.6) is 0 Å². The first-order valence-electron chi connectivity index (χ1n) is 31.2. The molecule has 9 nitrogen and oxygen atoms in total. The van der Waals surface area contributed by atoms with Gasteiger partial charge in [0.25, 0.3) is 0 Å². The zero-order valence-corrected chi connectivity index (χ0v) is 49.9. The second-order valence-electron chi connectivity index (χ2n) is 22.0. The molecule has 0 aromatic heterocycles. The summed E-state index contributed by atoms with van der Waals surface area (Å²) in [5, 5.41) is 11.8. The van der Waals surface area contributed by atoms with Crippen LogP contribution in [0.25, 0.3) is 0 Å². The second-order valence-corrected chi connectivity index (χ2v) is 22.0. The Morgan fingerprint density at radius 2 is 0.750 bits per heavy atom. The molecule has 0 aromatic carbocycles. The Hall–Kier alpha value is -3.53. The predicted octanol–water partition coefficient (Wildman–Crippen LogP) is 17.4. The van der Waals surface area contributed by atoms with Gasteiger partial charge in [-0.05, 0) is 89.9 Å². The van der Waals surface area contributed by atoms with E-state index in [0.717, 1.165) is 89.9 Å². The third-order valence-electron chi connectivity index (χ3n) is 13.4. The maximum Gasteiger partial charge on any atom is 0.306 e. The highest BCUT2D eigenvalue weighted by atomic mass is 16.7. The molecule has 0 amide bonds. The van der Waals surface area contributed by atoms with Gasteiger partial charge in [-0.25, -0.2) is 0 Å². The van der Waals surface area contributed by atoms with Crippen LogP contribution in [0.3, 0.4) is 0 Å². The van der Waals surface area contributed by atoms with Crippen LogP contribution in [-0.2, 0) is 33.3 Å². The van der Waals surface area contributed by atoms with Crippen LogP contribution in [0.4, 0.5) is 0 Å². The number of nitrogens with zero attached hydrogens (tertiary/aromatic N) is 1. The van der Waals surface area contributed by atoms with Crippen LogP contribution in [0, 0.1) is 0 Å². The number of quaternary nitrogens is 1. The number of hydrogen-bond donors (Lipinski definition) is 0. The zero-order valence-electron chi connectivity index (χ0n) is 49.9. The lowest BCUT2D eigenvalue weighted by molar-refractivity contribution is -0.870. The van der Waals surface area contributed by atoms with Gasteiger partial charge in [0, 0.05) is 12.8 Å². The highest BCUT2D eigenvalue weighted by molar-refractivity contribution is 5.70. The molecule has 2 unspecified atom stereocenters. The molecule has 0 heterocycles. The number of carbonyl (C=O) groups is 3. The Bertz CT molecular complexity index is 1520. The van der Waals surface area contributed by atoms with Gasteiger partial charge in [0.1, 0.15) is 13.2 Å². The Balaban J connectivity index is 4.09. The summed E-state index contributed by atoms with van der Waals surface area (Å²) in [5.41, 5.74) is 0. The standard InChI is InChI=1S/C67H117NO8/c1-6-8-10-12-14-16-18-20-22-24-25-26-27-28-29-30-31-32-33-34-35-36-37-38-39-40-41-42-44-46-48-50-52-54-56-58-65(70)76-63(62-75-67(66(71)72)73-60-59-68(3,4)5)61-74-64(69)57-55-53-51-49-47-45-43-23-21-19-17-15-13-11-9-7-2/h8,10,14,16-17,19-20,22-23,25-26,28-29,43,63,67H,6-7,9,11-13,15,18,21,24,27,30-42,44-62H2,1-5H3/b10-8-,16-14-,19-17-,22-20-,26-25-,29-28-,43-23-. The van der Waals surface area contributed by atoms with Crippen molar-refractivity contribution >= 4 is 17.9 Å². The van der Waals surface area contributed by atoms with Gasteiger partial charge >= 0.3 is 11.9 Å². The van der Waals surface area contributed by atoms with E-state index in [4.69, 9.17) is 18.9 Å². The van der Waals surface area contributed by atoms with E-state index >= 15 is 0 Å². The first kappa shape index (κ1) is 72.5. The van der Waals surface area contributed by atoms with Gasteiger partial charge in [-0.1, -0.05) is 247 Å². The molecular formula is C67H117NO8. The number of hydrogen-bond acceptors (Lipinski definition) is 8. The Morgan fingerprint density at radius 3 is 1.12 bits per heavy atom. The molecule has 438 valence electrons. The van der Waals surface area contributed by atoms with E-state index in [0.29, 0.717) is 17.4 Å². The fraction of sp³-hybridized carbons (Fsp3) is 0.746. The number of aliphatic carboxylic acids is 1. The topological polar surface area (TPSA) is 111 Å². The van der Waals surface area contributed by atoms with Gasteiger partial charge in [-0.15, -0.1) is 0 Å². The predicted molar refractivity (Wildman–Crippen MR) is 320 cm³/mol. The molecule has 0 spiro atoms. The van der Waals surface area contributed by atoms with Crippen molar-refractivity contribution in [3.63, 3.8) is 0 Å². The quantitative estimate of drug-likeness (QED) is 0.0195. The summed E-state index contributed by atoms with van der Waals surface area (Å²) in [6.45, 7) is 4.61. The molecule has 2 atom stereocenters. The number of esters is 2. The zero-order chi connectivity index (χ0) is 55.5. The lowest BCUT2D eigenvalue weighted by Crippen LogP contribution is -2.44. The molecule has 0 aliphatic carbocycles. The number of ether oxygens (including phenoxy) is 4. The monoisotopic (exact) mass is 1060 g/mol. The average Bonchev–Trinajstić information content (AvgIpc) is 3.39. The van der Waals surface area contributed by atoms with Gasteiger partial charge in [0.15, 0.2) is 12.4 Å². The number of carboxylic acid groups (broad SMARTS) is 1. The molecule has 9 heteroatoms. The number of unbranched alkanes of at least 4 members (excludes halogenated alkanes) is 28. The Kier molecular flexibility index (Phi) is 55.0. The second kappa shape index (κ2) is 57.6. The minimum atomic E-state index is -1.63. The minimum Gasteiger partial charge on any atom is -0.545 e. The van der Waals surface area contributed by atoms with Crippen LogP contribution in [-0.4, -0.2) is 82.3 Å². The Morgan fingerprint density at radius 1 is 0.408 bits per heavy atom. The third-order valence-corrected chi connectivity index (χ3v) is 13.4. The van der Waals surface area contributed by atoms with E-state index in [2.05, 4.69) is 98.9 Å². The van der Waals surface area contributed by atoms with E-state index < -0.39 is 24.3 Å². The van der Waals surface area contributed by atoms with Crippen molar-refractivity contribution in [3.05, 3.63) is 85.1 Å². The molecule has 0 bridgehead atoms. The lowest BCUT2D eigenvalue weighted by atomic mass is 10.0. The maximum atomic E-state index is 12.9. The summed E-state index contributed by atoms with van der Waals surface area (Å²) < 4.78 is 22.7. The molecule has 0 saturated heterocycles. The SMILES string of the molecule is CC/C=C\C/C=C\C/C=C\C/C=C\C/C=C\CCCCCCCCCCCCCCCCCCCCCC(=O)OC(COC(=O)CCCCCCC/C=C\C/C=C\CCCCCC)COC(OCC[N+](C)(C)C)C(=O)[O-]. The van der Waals surface area contributed by atoms with Gasteiger partial charge in [0.05, 0.1) is 40.3 Å². The summed E-state index contributed by atoms with van der Waals surface area (Å²) in [5.74, 6) is -2.29. The number of likely N-dealkylation sites (N-methyl/N-ethyl adjacent to an activating group) is 1. The molecule has 0 radical (unpaired) electrons. The summed E-state index contributed by atoms with van der Waals surface area (Å²) in [7, 11) is 5.92. The van der Waals surface area contributed by atoms with Crippen LogP contribution in [0.15, 0.2) is 85.1 Å². The molecule has 76 heavy (non-hydrogen) atoms. The van der Waals surface area contributed by atoms with E-state index in [9.17, 15) is 19.5 Å². The molecule has 0 aromatic rings. The number of carbonyl (C=O) groups excluding carboxylic acids is 3. The lowest BCUT2D eigenvalue weighted by Gasteiger charge is -2.26. The van der Waals surface area contributed by atoms with E-state index in [1.165, 1.54) is 141 Å². The van der Waals surface area contributed by atoms with Crippen LogP contribution < -0.4 is 5.11 Å². The maximum absolute atomic E-state index is 12.9. The molecule has 0 aliphatic heterocycles. The minimum absolute atomic E-state index is 0.144. The summed E-state index contributed by atoms with van der Waals surface area (Å²) in [4.78, 5) is 37.3. The molecule has 0 saturated carbocycles. The fourth-order valence-corrected chi connectivity index (χ4v) is 8.59. The van der Waals surface area contributed by atoms with Crippen molar-refractivity contribution in [2.45, 2.75) is 277 Å². The largest absolute Gasteiger partial charge is 0.545 e. The molecule has 0 aliphatic rings. The first-order chi connectivity index (χ1) is 37.1. The summed E-state index contributed by atoms with van der Waals surface area (Å²) >= 11 is 0.